The number of aliphatic carboxylic acids is 1. The molecule has 1 unspecified atom stereocenters. The second kappa shape index (κ2) is 10.5. The van der Waals surface area contributed by atoms with E-state index in [9.17, 15) is 9.90 Å². The van der Waals surface area contributed by atoms with Crippen molar-refractivity contribution < 1.29 is 75.5 Å². The van der Waals surface area contributed by atoms with Gasteiger partial charge in [-0.15, -0.1) is 0 Å². The Bertz CT molecular complexity index is 1100. The zero-order chi connectivity index (χ0) is 21.3. The third kappa shape index (κ3) is 4.87. The summed E-state index contributed by atoms with van der Waals surface area (Å²) < 4.78 is 16.5. The minimum absolute atomic E-state index is 0. The van der Waals surface area contributed by atoms with Crippen LogP contribution in [0.3, 0.4) is 0 Å². The Labute approximate surface area is 224 Å². The second-order valence-electron chi connectivity index (χ2n) is 7.68. The van der Waals surface area contributed by atoms with Crippen LogP contribution in [-0.2, 0) is 11.3 Å². The predicted octanol–water partition coefficient (Wildman–Crippen LogP) is 0.127. The van der Waals surface area contributed by atoms with Gasteiger partial charge in [0.1, 0.15) is 5.75 Å². The summed E-state index contributed by atoms with van der Waals surface area (Å²) in [5.74, 6) is 1.07. The largest absolute Gasteiger partial charge is 1.00 e. The normalized spacial score (nSPS) is 16.7. The van der Waals surface area contributed by atoms with E-state index in [1.807, 2.05) is 35.2 Å². The maximum absolute atomic E-state index is 11.7. The zero-order valence-corrected chi connectivity index (χ0v) is 21.7. The van der Waals surface area contributed by atoms with Gasteiger partial charge in [-0.3, -0.25) is 4.90 Å². The Morgan fingerprint density at radius 2 is 1.68 bits per heavy atom. The molecule has 0 N–H and O–H groups in total. The van der Waals surface area contributed by atoms with Gasteiger partial charge in [0.2, 0.25) is 0 Å². The third-order valence-electron chi connectivity index (χ3n) is 6.01. The number of methoxy groups -OCH3 is 3. The maximum atomic E-state index is 11.7. The van der Waals surface area contributed by atoms with Crippen molar-refractivity contribution in [2.24, 2.45) is 0 Å². The molecule has 3 aromatic carbocycles. The van der Waals surface area contributed by atoms with Gasteiger partial charge in [-0.25, -0.2) is 0 Å². The van der Waals surface area contributed by atoms with Gasteiger partial charge < -0.3 is 24.1 Å². The number of likely N-dealkylation sites (tertiary alicyclic amines) is 1. The summed E-state index contributed by atoms with van der Waals surface area (Å²) in [6.45, 7) is 1.28. The fourth-order valence-corrected chi connectivity index (χ4v) is 4.45. The number of hydrogen-bond acceptors (Lipinski definition) is 6. The SMILES string of the molecule is COc1ccc2cc(CN3CCCCC3C(=O)[O-])c3cc(OC)c(OC)cc3c2c1.[K+]. The predicted molar refractivity (Wildman–Crippen MR) is 114 cm³/mol. The molecule has 0 spiro atoms. The first-order valence-corrected chi connectivity index (χ1v) is 10.2. The summed E-state index contributed by atoms with van der Waals surface area (Å²) in [7, 11) is 4.89. The molecule has 0 radical (unpaired) electrons. The first-order chi connectivity index (χ1) is 14.5. The molecule has 1 heterocycles. The van der Waals surface area contributed by atoms with E-state index in [4.69, 9.17) is 14.2 Å². The molecule has 3 aromatic rings. The van der Waals surface area contributed by atoms with Gasteiger partial charge in [0, 0.05) is 12.6 Å². The van der Waals surface area contributed by atoms with Gasteiger partial charge in [0.15, 0.2) is 11.5 Å². The van der Waals surface area contributed by atoms with Crippen LogP contribution in [0.5, 0.6) is 17.2 Å². The van der Waals surface area contributed by atoms with Crippen LogP contribution in [-0.4, -0.2) is 44.8 Å². The minimum Gasteiger partial charge on any atom is -0.548 e. The van der Waals surface area contributed by atoms with E-state index in [-0.39, 0.29) is 51.4 Å². The molecule has 0 aliphatic carbocycles. The number of ether oxygens (including phenoxy) is 3. The third-order valence-corrected chi connectivity index (χ3v) is 6.01. The van der Waals surface area contributed by atoms with Crippen molar-refractivity contribution in [3.8, 4) is 17.2 Å². The van der Waals surface area contributed by atoms with Gasteiger partial charge in [0.05, 0.1) is 27.3 Å². The summed E-state index contributed by atoms with van der Waals surface area (Å²) in [6.07, 6.45) is 2.53. The molecule has 0 aromatic heterocycles. The average molecular weight is 448 g/mol. The van der Waals surface area contributed by atoms with Crippen LogP contribution in [0.15, 0.2) is 36.4 Å². The Balaban J connectivity index is 0.00000272. The molecular formula is C24H26KNO5. The molecule has 1 saturated heterocycles. The van der Waals surface area contributed by atoms with Crippen molar-refractivity contribution in [2.75, 3.05) is 27.9 Å². The number of hydrogen-bond donors (Lipinski definition) is 0. The molecule has 4 rings (SSSR count). The van der Waals surface area contributed by atoms with Gasteiger partial charge in [-0.1, -0.05) is 12.5 Å². The fourth-order valence-electron chi connectivity index (χ4n) is 4.45. The van der Waals surface area contributed by atoms with Crippen molar-refractivity contribution in [1.29, 1.82) is 0 Å². The number of nitrogens with zero attached hydrogens (tertiary/aromatic N) is 1. The first-order valence-electron chi connectivity index (χ1n) is 10.2. The summed E-state index contributed by atoms with van der Waals surface area (Å²) >= 11 is 0. The number of carbonyl (C=O) groups is 1. The van der Waals surface area contributed by atoms with E-state index in [1.165, 1.54) is 0 Å². The van der Waals surface area contributed by atoms with E-state index >= 15 is 0 Å². The van der Waals surface area contributed by atoms with Crippen molar-refractivity contribution in [2.45, 2.75) is 31.8 Å². The van der Waals surface area contributed by atoms with Crippen LogP contribution >= 0.6 is 0 Å². The van der Waals surface area contributed by atoms with E-state index in [0.717, 1.165) is 52.2 Å². The van der Waals surface area contributed by atoms with Crippen LogP contribution in [0.1, 0.15) is 24.8 Å². The second-order valence-corrected chi connectivity index (χ2v) is 7.68. The average Bonchev–Trinajstić information content (AvgIpc) is 2.78. The van der Waals surface area contributed by atoms with Crippen LogP contribution in [0, 0.1) is 0 Å². The van der Waals surface area contributed by atoms with Crippen LogP contribution in [0.4, 0.5) is 0 Å². The number of rotatable bonds is 6. The minimum atomic E-state index is -0.996. The molecule has 1 aliphatic rings. The number of carboxylic acid groups (broad SMARTS) is 1. The summed E-state index contributed by atoms with van der Waals surface area (Å²) in [4.78, 5) is 13.7. The van der Waals surface area contributed by atoms with Crippen molar-refractivity contribution in [3.63, 3.8) is 0 Å². The first kappa shape index (κ1) is 24.3. The Morgan fingerprint density at radius 1 is 0.968 bits per heavy atom. The van der Waals surface area contributed by atoms with Gasteiger partial charge in [-0.2, -0.15) is 0 Å². The summed E-state index contributed by atoms with van der Waals surface area (Å²) in [5.41, 5.74) is 1.05. The van der Waals surface area contributed by atoms with E-state index in [2.05, 4.69) is 6.07 Å². The summed E-state index contributed by atoms with van der Waals surface area (Å²) in [5, 5.41) is 15.8. The monoisotopic (exact) mass is 447 g/mol. The Hall–Kier alpha value is -1.35. The molecule has 0 amide bonds. The molecule has 1 atom stereocenters. The standard InChI is InChI=1S/C24H27NO5.K/c1-28-17-8-7-15-10-16(14-25-9-5-4-6-21(25)24(26)27)19-12-22(29-2)23(30-3)13-20(19)18(15)11-17;/h7-8,10-13,21H,4-6,9,14H2,1-3H3,(H,26,27);/q;+1/p-1. The molecule has 1 aliphatic heterocycles. The molecule has 0 saturated carbocycles. The molecule has 158 valence electrons. The molecular weight excluding hydrogens is 421 g/mol. The van der Waals surface area contributed by atoms with Crippen molar-refractivity contribution in [1.82, 2.24) is 4.90 Å². The molecule has 0 bridgehead atoms. The number of piperidine rings is 1. The Kier molecular flexibility index (Phi) is 8.23. The van der Waals surface area contributed by atoms with Gasteiger partial charge in [-0.05, 0) is 76.8 Å². The maximum Gasteiger partial charge on any atom is 1.00 e. The van der Waals surface area contributed by atoms with Crippen LogP contribution < -0.4 is 70.7 Å². The van der Waals surface area contributed by atoms with E-state index < -0.39 is 12.0 Å². The quantitative estimate of drug-likeness (QED) is 0.395. The fraction of sp³-hybridized carbons (Fsp3) is 0.375. The van der Waals surface area contributed by atoms with Crippen LogP contribution in [0.25, 0.3) is 21.5 Å². The molecule has 1 fully saturated rings. The van der Waals surface area contributed by atoms with Crippen molar-refractivity contribution >= 4 is 27.5 Å². The smallest absolute Gasteiger partial charge is 0.548 e. The van der Waals surface area contributed by atoms with Gasteiger partial charge in [0.25, 0.3) is 0 Å². The molecule has 7 heteroatoms. The number of benzene rings is 3. The van der Waals surface area contributed by atoms with Gasteiger partial charge >= 0.3 is 51.4 Å². The molecule has 6 nitrogen and oxygen atoms in total. The van der Waals surface area contributed by atoms with Crippen LogP contribution in [0.2, 0.25) is 0 Å². The number of carbonyl (C=O) groups excluding carboxylic acids is 1. The zero-order valence-electron chi connectivity index (χ0n) is 18.6. The topological polar surface area (TPSA) is 71.1 Å². The molecule has 31 heavy (non-hydrogen) atoms. The summed E-state index contributed by atoms with van der Waals surface area (Å²) in [6, 6.07) is 11.5. The number of fused-ring (bicyclic) bond motifs is 3. The van der Waals surface area contributed by atoms with E-state index in [0.29, 0.717) is 24.5 Å². The van der Waals surface area contributed by atoms with Crippen molar-refractivity contribution in [3.05, 3.63) is 42.0 Å². The Morgan fingerprint density at radius 3 is 2.32 bits per heavy atom. The van der Waals surface area contributed by atoms with E-state index in [1.54, 1.807) is 21.3 Å². The number of carboxylic acids is 1.